The van der Waals surface area contributed by atoms with Gasteiger partial charge < -0.3 is 15.4 Å². The zero-order chi connectivity index (χ0) is 19.3. The summed E-state index contributed by atoms with van der Waals surface area (Å²) in [6.45, 7) is 8.57. The number of benzene rings is 1. The maximum absolute atomic E-state index is 12.6. The van der Waals surface area contributed by atoms with Gasteiger partial charge in [-0.2, -0.15) is 0 Å². The van der Waals surface area contributed by atoms with Gasteiger partial charge in [0.2, 0.25) is 11.8 Å². The lowest BCUT2D eigenvalue weighted by Crippen LogP contribution is -2.63. The number of nitrogens with one attached hydrogen (secondary N) is 2. The van der Waals surface area contributed by atoms with Crippen LogP contribution in [0.5, 0.6) is 5.75 Å². The standard InChI is InChI=1S/C19H23ClN2O3S/c1-12(2)8-9-25-15-6-4-14(5-7-15)11-19(10-13(3)20)16(23)21-18(26)22-17(19)24/h4-7,12H,3,8-11H2,1-2H3,(H2,21,22,23,24,26). The Bertz CT molecular complexity index is 696. The molecule has 0 bridgehead atoms. The van der Waals surface area contributed by atoms with E-state index in [-0.39, 0.29) is 23.0 Å². The van der Waals surface area contributed by atoms with Gasteiger partial charge in [-0.25, -0.2) is 0 Å². The molecule has 0 spiro atoms. The minimum Gasteiger partial charge on any atom is -0.494 e. The number of carbonyl (C=O) groups is 2. The molecule has 26 heavy (non-hydrogen) atoms. The van der Waals surface area contributed by atoms with Gasteiger partial charge in [-0.1, -0.05) is 44.2 Å². The van der Waals surface area contributed by atoms with Gasteiger partial charge in [-0.05, 0) is 48.7 Å². The van der Waals surface area contributed by atoms with E-state index in [0.717, 1.165) is 17.7 Å². The Balaban J connectivity index is 2.16. The van der Waals surface area contributed by atoms with E-state index in [1.54, 1.807) is 0 Å². The zero-order valence-electron chi connectivity index (χ0n) is 14.9. The Hall–Kier alpha value is -1.92. The van der Waals surface area contributed by atoms with Crippen molar-refractivity contribution in [2.24, 2.45) is 11.3 Å². The Labute approximate surface area is 164 Å². The van der Waals surface area contributed by atoms with Gasteiger partial charge in [0.1, 0.15) is 11.2 Å². The lowest BCUT2D eigenvalue weighted by Gasteiger charge is -2.35. The van der Waals surface area contributed by atoms with E-state index in [1.165, 1.54) is 0 Å². The van der Waals surface area contributed by atoms with Crippen LogP contribution < -0.4 is 15.4 Å². The van der Waals surface area contributed by atoms with Crippen LogP contribution in [0.1, 0.15) is 32.3 Å². The number of ether oxygens (including phenoxy) is 1. The van der Waals surface area contributed by atoms with Crippen molar-refractivity contribution >= 4 is 40.7 Å². The number of thiocarbonyl (C=S) groups is 1. The van der Waals surface area contributed by atoms with Gasteiger partial charge in [0, 0.05) is 11.5 Å². The second-order valence-corrected chi connectivity index (χ2v) is 7.81. The molecule has 0 aromatic heterocycles. The molecule has 7 heteroatoms. The van der Waals surface area contributed by atoms with Crippen LogP contribution in [0.4, 0.5) is 0 Å². The van der Waals surface area contributed by atoms with Crippen LogP contribution in [0.15, 0.2) is 35.9 Å². The molecule has 140 valence electrons. The monoisotopic (exact) mass is 394 g/mol. The highest BCUT2D eigenvalue weighted by atomic mass is 35.5. The van der Waals surface area contributed by atoms with Crippen LogP contribution in [-0.4, -0.2) is 23.5 Å². The topological polar surface area (TPSA) is 67.4 Å². The Morgan fingerprint density at radius 3 is 2.31 bits per heavy atom. The van der Waals surface area contributed by atoms with Crippen LogP contribution in [0.2, 0.25) is 0 Å². The lowest BCUT2D eigenvalue weighted by atomic mass is 9.76. The summed E-state index contributed by atoms with van der Waals surface area (Å²) in [7, 11) is 0. The average Bonchev–Trinajstić information content (AvgIpc) is 2.53. The number of rotatable bonds is 8. The van der Waals surface area contributed by atoms with Crippen molar-refractivity contribution in [1.29, 1.82) is 0 Å². The largest absolute Gasteiger partial charge is 0.494 e. The Morgan fingerprint density at radius 1 is 1.23 bits per heavy atom. The molecule has 2 rings (SSSR count). The molecule has 1 heterocycles. The van der Waals surface area contributed by atoms with E-state index in [4.69, 9.17) is 28.6 Å². The second kappa shape index (κ2) is 8.64. The Kier molecular flexibility index (Phi) is 6.78. The van der Waals surface area contributed by atoms with Crippen molar-refractivity contribution in [3.8, 4) is 5.75 Å². The Morgan fingerprint density at radius 2 is 1.81 bits per heavy atom. The number of allylic oxidation sites excluding steroid dienone is 1. The van der Waals surface area contributed by atoms with Crippen molar-refractivity contribution in [2.45, 2.75) is 33.1 Å². The highest BCUT2D eigenvalue weighted by Gasteiger charge is 2.49. The molecule has 0 atom stereocenters. The van der Waals surface area contributed by atoms with Gasteiger partial charge in [-0.3, -0.25) is 9.59 Å². The molecule has 0 radical (unpaired) electrons. The van der Waals surface area contributed by atoms with Crippen molar-refractivity contribution in [2.75, 3.05) is 6.61 Å². The summed E-state index contributed by atoms with van der Waals surface area (Å²) in [6, 6.07) is 7.36. The summed E-state index contributed by atoms with van der Waals surface area (Å²) in [4.78, 5) is 25.1. The van der Waals surface area contributed by atoms with Crippen molar-refractivity contribution in [3.63, 3.8) is 0 Å². The number of hydrogen-bond acceptors (Lipinski definition) is 4. The van der Waals surface area contributed by atoms with Gasteiger partial charge in [-0.15, -0.1) is 0 Å². The molecular weight excluding hydrogens is 372 g/mol. The number of carbonyl (C=O) groups excluding carboxylic acids is 2. The van der Waals surface area contributed by atoms with Gasteiger partial charge in [0.25, 0.3) is 0 Å². The zero-order valence-corrected chi connectivity index (χ0v) is 16.5. The SMILES string of the molecule is C=C(Cl)CC1(Cc2ccc(OCCC(C)C)cc2)C(=O)NC(=S)NC1=O. The minimum absolute atomic E-state index is 0.00436. The quantitative estimate of drug-likeness (QED) is 0.524. The molecule has 0 unspecified atom stereocenters. The second-order valence-electron chi connectivity index (χ2n) is 6.87. The van der Waals surface area contributed by atoms with Crippen molar-refractivity contribution in [3.05, 3.63) is 41.4 Å². The molecule has 0 saturated carbocycles. The summed E-state index contributed by atoms with van der Waals surface area (Å²) >= 11 is 10.8. The molecule has 1 aromatic carbocycles. The highest BCUT2D eigenvalue weighted by molar-refractivity contribution is 7.80. The third-order valence-corrected chi connectivity index (χ3v) is 4.55. The van der Waals surface area contributed by atoms with Crippen molar-refractivity contribution in [1.82, 2.24) is 10.6 Å². The van der Waals surface area contributed by atoms with Crippen molar-refractivity contribution < 1.29 is 14.3 Å². The van der Waals surface area contributed by atoms with Gasteiger partial charge in [0.15, 0.2) is 5.11 Å². The third-order valence-electron chi connectivity index (χ3n) is 4.21. The molecule has 1 saturated heterocycles. The van der Waals surface area contributed by atoms with Crippen LogP contribution in [-0.2, 0) is 16.0 Å². The van der Waals surface area contributed by atoms with E-state index < -0.39 is 17.2 Å². The van der Waals surface area contributed by atoms with Crippen LogP contribution in [0.3, 0.4) is 0 Å². The predicted molar refractivity (Wildman–Crippen MR) is 106 cm³/mol. The summed E-state index contributed by atoms with van der Waals surface area (Å²) in [5, 5.41) is 5.26. The highest BCUT2D eigenvalue weighted by Crippen LogP contribution is 2.34. The van der Waals surface area contributed by atoms with E-state index in [2.05, 4.69) is 31.1 Å². The fourth-order valence-electron chi connectivity index (χ4n) is 2.76. The first-order chi connectivity index (χ1) is 12.2. The van der Waals surface area contributed by atoms with Crippen LogP contribution in [0, 0.1) is 11.3 Å². The van der Waals surface area contributed by atoms with Gasteiger partial charge >= 0.3 is 0 Å². The molecular formula is C19H23ClN2O3S. The van der Waals surface area contributed by atoms with Crippen LogP contribution in [0.25, 0.3) is 0 Å². The van der Waals surface area contributed by atoms with Crippen LogP contribution >= 0.6 is 23.8 Å². The van der Waals surface area contributed by atoms with E-state index in [1.807, 2.05) is 24.3 Å². The van der Waals surface area contributed by atoms with E-state index in [0.29, 0.717) is 12.5 Å². The fourth-order valence-corrected chi connectivity index (χ4v) is 3.17. The molecule has 2 amide bonds. The normalized spacial score (nSPS) is 16.2. The maximum Gasteiger partial charge on any atom is 0.242 e. The molecule has 1 aliphatic heterocycles. The molecule has 2 N–H and O–H groups in total. The summed E-state index contributed by atoms with van der Waals surface area (Å²) < 4.78 is 5.70. The van der Waals surface area contributed by atoms with E-state index >= 15 is 0 Å². The minimum atomic E-state index is -1.37. The average molecular weight is 395 g/mol. The lowest BCUT2D eigenvalue weighted by molar-refractivity contribution is -0.143. The third kappa shape index (κ3) is 5.05. The smallest absolute Gasteiger partial charge is 0.242 e. The van der Waals surface area contributed by atoms with Gasteiger partial charge in [0.05, 0.1) is 6.61 Å². The number of halogens is 1. The first-order valence-corrected chi connectivity index (χ1v) is 9.23. The molecule has 1 fully saturated rings. The first-order valence-electron chi connectivity index (χ1n) is 8.45. The molecule has 1 aromatic rings. The summed E-state index contributed by atoms with van der Waals surface area (Å²) in [5.74, 6) is 0.395. The maximum atomic E-state index is 12.6. The summed E-state index contributed by atoms with van der Waals surface area (Å²) in [5.41, 5.74) is -0.557. The number of amides is 2. The first kappa shape index (κ1) is 20.4. The van der Waals surface area contributed by atoms with E-state index in [9.17, 15) is 9.59 Å². The summed E-state index contributed by atoms with van der Waals surface area (Å²) in [6.07, 6.45) is 1.19. The molecule has 0 aliphatic carbocycles. The predicted octanol–water partition coefficient (Wildman–Crippen LogP) is 3.31. The number of hydrogen-bond donors (Lipinski definition) is 2. The fraction of sp³-hybridized carbons (Fsp3) is 0.421. The molecule has 5 nitrogen and oxygen atoms in total. The molecule has 1 aliphatic rings.